The Morgan fingerprint density at radius 3 is 3.11 bits per heavy atom. The molecular formula is C15H18N2O2. The summed E-state index contributed by atoms with van der Waals surface area (Å²) in [6, 6.07) is 7.66. The highest BCUT2D eigenvalue weighted by Crippen LogP contribution is 2.20. The Hall–Kier alpha value is -1.81. The molecule has 0 aliphatic carbocycles. The van der Waals surface area contributed by atoms with E-state index >= 15 is 0 Å². The van der Waals surface area contributed by atoms with Crippen molar-refractivity contribution in [2.24, 2.45) is 0 Å². The van der Waals surface area contributed by atoms with Crippen molar-refractivity contribution in [2.45, 2.75) is 25.3 Å². The van der Waals surface area contributed by atoms with E-state index in [1.54, 1.807) is 0 Å². The summed E-state index contributed by atoms with van der Waals surface area (Å²) in [4.78, 5) is 15.4. The van der Waals surface area contributed by atoms with Crippen LogP contribution in [0.2, 0.25) is 0 Å². The quantitative estimate of drug-likeness (QED) is 0.869. The molecule has 1 atom stereocenters. The second kappa shape index (κ2) is 4.70. The fourth-order valence-corrected chi connectivity index (χ4v) is 2.57. The van der Waals surface area contributed by atoms with Crippen molar-refractivity contribution in [3.8, 4) is 0 Å². The highest BCUT2D eigenvalue weighted by Gasteiger charge is 2.29. The minimum atomic E-state index is -0.248. The number of amides is 1. The van der Waals surface area contributed by atoms with Crippen LogP contribution in [0, 0.1) is 0 Å². The van der Waals surface area contributed by atoms with E-state index in [9.17, 15) is 4.79 Å². The molecule has 3 rings (SSSR count). The minimum Gasteiger partial charge on any atom is -0.379 e. The average molecular weight is 258 g/mol. The third-order valence-corrected chi connectivity index (χ3v) is 3.67. The predicted molar refractivity (Wildman–Crippen MR) is 74.2 cm³/mol. The lowest BCUT2D eigenvalue weighted by atomic mass is 9.94. The molecule has 100 valence electrons. The molecule has 1 aromatic carbocycles. The molecule has 1 saturated heterocycles. The molecule has 0 radical (unpaired) electrons. The predicted octanol–water partition coefficient (Wildman–Crippen LogP) is 2.47. The summed E-state index contributed by atoms with van der Waals surface area (Å²) >= 11 is 0. The smallest absolute Gasteiger partial charge is 0.251 e. The molecule has 0 spiro atoms. The van der Waals surface area contributed by atoms with Gasteiger partial charge in [-0.15, -0.1) is 0 Å². The second-order valence-electron chi connectivity index (χ2n) is 5.45. The first-order valence-electron chi connectivity index (χ1n) is 6.64. The Morgan fingerprint density at radius 2 is 2.32 bits per heavy atom. The van der Waals surface area contributed by atoms with Gasteiger partial charge in [-0.05, 0) is 44.0 Å². The number of nitrogens with one attached hydrogen (secondary N) is 2. The van der Waals surface area contributed by atoms with E-state index in [-0.39, 0.29) is 11.4 Å². The van der Waals surface area contributed by atoms with E-state index < -0.39 is 0 Å². The number of carbonyl (C=O) groups excluding carboxylic acids is 1. The van der Waals surface area contributed by atoms with E-state index in [2.05, 4.69) is 10.3 Å². The van der Waals surface area contributed by atoms with Gasteiger partial charge < -0.3 is 15.0 Å². The summed E-state index contributed by atoms with van der Waals surface area (Å²) in [5, 5.41) is 4.15. The number of carbonyl (C=O) groups is 1. The van der Waals surface area contributed by atoms with Crippen LogP contribution >= 0.6 is 0 Å². The van der Waals surface area contributed by atoms with Crippen LogP contribution in [0.4, 0.5) is 0 Å². The molecule has 1 fully saturated rings. The van der Waals surface area contributed by atoms with E-state index in [1.807, 2.05) is 37.4 Å². The maximum Gasteiger partial charge on any atom is 0.251 e. The highest BCUT2D eigenvalue weighted by molar-refractivity contribution is 5.98. The van der Waals surface area contributed by atoms with Gasteiger partial charge in [0.15, 0.2) is 0 Å². The standard InChI is InChI=1S/C15H18N2O2/c1-15(6-2-8-19-10-15)17-14(18)12-3-4-13-11(9-12)5-7-16-13/h3-5,7,9,16H,2,6,8,10H2,1H3,(H,17,18). The van der Waals surface area contributed by atoms with Crippen LogP contribution in [-0.4, -0.2) is 29.6 Å². The average Bonchev–Trinajstić information content (AvgIpc) is 2.86. The number of rotatable bonds is 2. The van der Waals surface area contributed by atoms with Gasteiger partial charge in [-0.1, -0.05) is 0 Å². The number of H-pyrrole nitrogens is 1. The molecule has 1 amide bonds. The van der Waals surface area contributed by atoms with Crippen molar-refractivity contribution in [1.29, 1.82) is 0 Å². The van der Waals surface area contributed by atoms with Gasteiger partial charge in [-0.25, -0.2) is 0 Å². The lowest BCUT2D eigenvalue weighted by Gasteiger charge is -2.34. The zero-order chi connectivity index (χ0) is 13.3. The largest absolute Gasteiger partial charge is 0.379 e. The summed E-state index contributed by atoms with van der Waals surface area (Å²) in [5.74, 6) is -0.0314. The number of ether oxygens (including phenoxy) is 1. The van der Waals surface area contributed by atoms with Crippen LogP contribution in [0.25, 0.3) is 10.9 Å². The lowest BCUT2D eigenvalue weighted by Crippen LogP contribution is -2.51. The Labute approximate surface area is 112 Å². The van der Waals surface area contributed by atoms with Crippen molar-refractivity contribution in [2.75, 3.05) is 13.2 Å². The number of fused-ring (bicyclic) bond motifs is 1. The van der Waals surface area contributed by atoms with Gasteiger partial charge in [-0.2, -0.15) is 0 Å². The topological polar surface area (TPSA) is 54.1 Å². The molecule has 2 aromatic rings. The lowest BCUT2D eigenvalue weighted by molar-refractivity contribution is 0.0272. The fraction of sp³-hybridized carbons (Fsp3) is 0.400. The first kappa shape index (κ1) is 12.2. The Kier molecular flexibility index (Phi) is 3.03. The summed E-state index contributed by atoms with van der Waals surface area (Å²) in [7, 11) is 0. The van der Waals surface area contributed by atoms with Gasteiger partial charge in [0, 0.05) is 29.3 Å². The van der Waals surface area contributed by atoms with Crippen LogP contribution in [-0.2, 0) is 4.74 Å². The number of benzene rings is 1. The highest BCUT2D eigenvalue weighted by atomic mass is 16.5. The van der Waals surface area contributed by atoms with Crippen LogP contribution in [0.1, 0.15) is 30.1 Å². The van der Waals surface area contributed by atoms with E-state index in [4.69, 9.17) is 4.74 Å². The van der Waals surface area contributed by atoms with Crippen LogP contribution in [0.5, 0.6) is 0 Å². The maximum absolute atomic E-state index is 12.3. The van der Waals surface area contributed by atoms with Crippen LogP contribution in [0.15, 0.2) is 30.5 Å². The molecular weight excluding hydrogens is 240 g/mol. The third kappa shape index (κ3) is 2.49. The maximum atomic E-state index is 12.3. The van der Waals surface area contributed by atoms with Crippen molar-refractivity contribution >= 4 is 16.8 Å². The zero-order valence-electron chi connectivity index (χ0n) is 11.0. The van der Waals surface area contributed by atoms with E-state index in [0.29, 0.717) is 12.2 Å². The minimum absolute atomic E-state index is 0.0314. The van der Waals surface area contributed by atoms with Crippen LogP contribution < -0.4 is 5.32 Å². The SMILES string of the molecule is CC1(NC(=O)c2ccc3[nH]ccc3c2)CCCOC1. The third-order valence-electron chi connectivity index (χ3n) is 3.67. The first-order chi connectivity index (χ1) is 9.16. The molecule has 4 heteroatoms. The van der Waals surface area contributed by atoms with Gasteiger partial charge in [0.05, 0.1) is 12.1 Å². The molecule has 1 aliphatic heterocycles. The number of hydrogen-bond donors (Lipinski definition) is 2. The molecule has 19 heavy (non-hydrogen) atoms. The van der Waals surface area contributed by atoms with Gasteiger partial charge in [0.1, 0.15) is 0 Å². The molecule has 1 aliphatic rings. The normalized spacial score (nSPS) is 23.4. The van der Waals surface area contributed by atoms with E-state index in [0.717, 1.165) is 30.4 Å². The second-order valence-corrected chi connectivity index (χ2v) is 5.45. The van der Waals surface area contributed by atoms with Crippen molar-refractivity contribution in [3.05, 3.63) is 36.0 Å². The molecule has 2 heterocycles. The molecule has 0 saturated carbocycles. The van der Waals surface area contributed by atoms with Crippen LogP contribution in [0.3, 0.4) is 0 Å². The van der Waals surface area contributed by atoms with Gasteiger partial charge in [0.2, 0.25) is 0 Å². The summed E-state index contributed by atoms with van der Waals surface area (Å²) in [6.07, 6.45) is 3.83. The summed E-state index contributed by atoms with van der Waals surface area (Å²) < 4.78 is 5.46. The fourth-order valence-electron chi connectivity index (χ4n) is 2.57. The molecule has 0 bridgehead atoms. The van der Waals surface area contributed by atoms with E-state index in [1.165, 1.54) is 0 Å². The van der Waals surface area contributed by atoms with Crippen molar-refractivity contribution in [3.63, 3.8) is 0 Å². The monoisotopic (exact) mass is 258 g/mol. The molecule has 1 unspecified atom stereocenters. The number of aromatic amines is 1. The summed E-state index contributed by atoms with van der Waals surface area (Å²) in [5.41, 5.74) is 1.49. The first-order valence-corrected chi connectivity index (χ1v) is 6.64. The zero-order valence-corrected chi connectivity index (χ0v) is 11.0. The summed E-state index contributed by atoms with van der Waals surface area (Å²) in [6.45, 7) is 3.42. The van der Waals surface area contributed by atoms with Crippen molar-refractivity contribution in [1.82, 2.24) is 10.3 Å². The number of aromatic nitrogens is 1. The number of hydrogen-bond acceptors (Lipinski definition) is 2. The van der Waals surface area contributed by atoms with Gasteiger partial charge >= 0.3 is 0 Å². The van der Waals surface area contributed by atoms with Gasteiger partial charge in [-0.3, -0.25) is 4.79 Å². The molecule has 4 nitrogen and oxygen atoms in total. The van der Waals surface area contributed by atoms with Gasteiger partial charge in [0.25, 0.3) is 5.91 Å². The van der Waals surface area contributed by atoms with Crippen molar-refractivity contribution < 1.29 is 9.53 Å². The molecule has 2 N–H and O–H groups in total. The molecule has 1 aromatic heterocycles. The Morgan fingerprint density at radius 1 is 1.42 bits per heavy atom. The Bertz CT molecular complexity index is 597. The Balaban J connectivity index is 1.79.